The second kappa shape index (κ2) is 9.38. The molecule has 0 unspecified atom stereocenters. The van der Waals surface area contributed by atoms with Crippen LogP contribution in [-0.4, -0.2) is 0 Å². The molecule has 0 spiro atoms. The van der Waals surface area contributed by atoms with Crippen molar-refractivity contribution < 1.29 is 0 Å². The van der Waals surface area contributed by atoms with Gasteiger partial charge in [0.1, 0.15) is 0 Å². The predicted octanol–water partition coefficient (Wildman–Crippen LogP) is 8.00. The molecule has 136 valence electrons. The zero-order valence-electron chi connectivity index (χ0n) is 17.0. The van der Waals surface area contributed by atoms with E-state index < -0.39 is 0 Å². The lowest BCUT2D eigenvalue weighted by Gasteiger charge is -2.24. The molecule has 0 radical (unpaired) electrons. The van der Waals surface area contributed by atoms with Crippen molar-refractivity contribution in [2.45, 2.75) is 53.9 Å². The van der Waals surface area contributed by atoms with Crippen molar-refractivity contribution in [1.82, 2.24) is 0 Å². The molecular formula is C26H32. The number of hydrogen-bond donors (Lipinski definition) is 0. The molecule has 0 saturated carbocycles. The Balaban J connectivity index is 0.000000444. The predicted molar refractivity (Wildman–Crippen MR) is 119 cm³/mol. The zero-order chi connectivity index (χ0) is 19.1. The quantitative estimate of drug-likeness (QED) is 0.419. The third-order valence-corrected chi connectivity index (χ3v) is 4.71. The maximum absolute atomic E-state index is 4.04. The van der Waals surface area contributed by atoms with Crippen LogP contribution >= 0.6 is 0 Å². The minimum Gasteiger partial charge on any atom is -0.0984 e. The minimum atomic E-state index is 1.12. The van der Waals surface area contributed by atoms with Gasteiger partial charge in [-0.25, -0.2) is 0 Å². The van der Waals surface area contributed by atoms with Crippen LogP contribution in [0.1, 0.15) is 56.4 Å². The van der Waals surface area contributed by atoms with E-state index >= 15 is 0 Å². The highest BCUT2D eigenvalue weighted by Crippen LogP contribution is 2.40. The Morgan fingerprint density at radius 1 is 0.923 bits per heavy atom. The zero-order valence-corrected chi connectivity index (χ0v) is 17.0. The SMILES string of the molecule is C=Cc1c(C)ccc2c1-c1ccc3ccccc3c1CC2.CC.CCC. The van der Waals surface area contributed by atoms with E-state index in [1.807, 2.05) is 19.9 Å². The molecule has 0 atom stereocenters. The molecule has 0 aromatic heterocycles. The summed E-state index contributed by atoms with van der Waals surface area (Å²) < 4.78 is 0. The van der Waals surface area contributed by atoms with Crippen molar-refractivity contribution in [3.8, 4) is 11.1 Å². The lowest BCUT2D eigenvalue weighted by atomic mass is 9.80. The van der Waals surface area contributed by atoms with Gasteiger partial charge in [-0.15, -0.1) is 0 Å². The van der Waals surface area contributed by atoms with E-state index in [9.17, 15) is 0 Å². The number of hydrogen-bond acceptors (Lipinski definition) is 0. The van der Waals surface area contributed by atoms with E-state index in [-0.39, 0.29) is 0 Å². The summed E-state index contributed by atoms with van der Waals surface area (Å²) in [7, 11) is 0. The van der Waals surface area contributed by atoms with Gasteiger partial charge in [0.05, 0.1) is 0 Å². The Kier molecular flexibility index (Phi) is 7.21. The highest BCUT2D eigenvalue weighted by molar-refractivity contribution is 5.95. The molecule has 0 heterocycles. The van der Waals surface area contributed by atoms with Crippen LogP contribution in [0.25, 0.3) is 28.0 Å². The number of fused-ring (bicyclic) bond motifs is 5. The molecule has 4 rings (SSSR count). The summed E-state index contributed by atoms with van der Waals surface area (Å²) in [6, 6.07) is 17.8. The maximum atomic E-state index is 4.04. The third kappa shape index (κ3) is 3.75. The van der Waals surface area contributed by atoms with E-state index in [0.717, 1.165) is 12.8 Å². The Morgan fingerprint density at radius 3 is 2.31 bits per heavy atom. The molecule has 3 aromatic rings. The highest BCUT2D eigenvalue weighted by Gasteiger charge is 2.20. The molecule has 0 bridgehead atoms. The smallest absolute Gasteiger partial charge is 0.00738 e. The second-order valence-corrected chi connectivity index (χ2v) is 6.55. The Hall–Kier alpha value is -2.34. The van der Waals surface area contributed by atoms with Gasteiger partial charge in [0.25, 0.3) is 0 Å². The third-order valence-electron chi connectivity index (χ3n) is 4.71. The number of rotatable bonds is 1. The molecule has 3 aromatic carbocycles. The van der Waals surface area contributed by atoms with Gasteiger partial charge in [-0.1, -0.05) is 95.3 Å². The first-order chi connectivity index (χ1) is 12.7. The van der Waals surface area contributed by atoms with Gasteiger partial charge in [-0.3, -0.25) is 0 Å². The fourth-order valence-electron chi connectivity index (χ4n) is 3.66. The first-order valence-electron chi connectivity index (χ1n) is 9.97. The monoisotopic (exact) mass is 344 g/mol. The molecule has 26 heavy (non-hydrogen) atoms. The van der Waals surface area contributed by atoms with Crippen LogP contribution in [0.4, 0.5) is 0 Å². The van der Waals surface area contributed by atoms with E-state index in [4.69, 9.17) is 0 Å². The summed E-state index contributed by atoms with van der Waals surface area (Å²) in [5.74, 6) is 0. The highest BCUT2D eigenvalue weighted by atomic mass is 14.2. The van der Waals surface area contributed by atoms with Crippen molar-refractivity contribution in [3.05, 3.63) is 77.4 Å². The molecule has 1 aliphatic carbocycles. The van der Waals surface area contributed by atoms with E-state index in [0.29, 0.717) is 0 Å². The first kappa shape index (κ1) is 20.0. The van der Waals surface area contributed by atoms with Gasteiger partial charge in [0, 0.05) is 0 Å². The molecule has 0 nitrogen and oxygen atoms in total. The van der Waals surface area contributed by atoms with Crippen molar-refractivity contribution in [2.75, 3.05) is 0 Å². The van der Waals surface area contributed by atoms with Gasteiger partial charge in [-0.2, -0.15) is 0 Å². The first-order valence-corrected chi connectivity index (χ1v) is 9.97. The average molecular weight is 345 g/mol. The molecule has 0 aliphatic heterocycles. The number of benzene rings is 3. The van der Waals surface area contributed by atoms with Crippen molar-refractivity contribution in [2.24, 2.45) is 0 Å². The van der Waals surface area contributed by atoms with Crippen LogP contribution in [-0.2, 0) is 12.8 Å². The van der Waals surface area contributed by atoms with Gasteiger partial charge < -0.3 is 0 Å². The standard InChI is InChI=1S/C21H18.C3H8.C2H6/c1-3-17-14(2)8-9-16-11-12-19-18-7-5-4-6-15(18)10-13-20(19)21(16)17;1-3-2;1-2/h3-10,13H,1,11-12H2,2H3;3H2,1-2H3;1-2H3. The van der Waals surface area contributed by atoms with Crippen LogP contribution < -0.4 is 0 Å². The van der Waals surface area contributed by atoms with Crippen LogP contribution in [0, 0.1) is 6.92 Å². The molecule has 0 heteroatoms. The van der Waals surface area contributed by atoms with Gasteiger partial charge in [0.15, 0.2) is 0 Å². The largest absolute Gasteiger partial charge is 0.0984 e. The van der Waals surface area contributed by atoms with Crippen LogP contribution in [0.15, 0.2) is 55.1 Å². The van der Waals surface area contributed by atoms with E-state index in [2.05, 4.69) is 75.9 Å². The lowest BCUT2D eigenvalue weighted by molar-refractivity contribution is 0.949. The van der Waals surface area contributed by atoms with Crippen LogP contribution in [0.5, 0.6) is 0 Å². The number of aryl methyl sites for hydroxylation is 3. The summed E-state index contributed by atoms with van der Waals surface area (Å²) in [5.41, 5.74) is 8.35. The molecule has 0 saturated heterocycles. The summed E-state index contributed by atoms with van der Waals surface area (Å²) in [4.78, 5) is 0. The van der Waals surface area contributed by atoms with Crippen LogP contribution in [0.3, 0.4) is 0 Å². The average Bonchev–Trinajstić information content (AvgIpc) is 2.69. The Morgan fingerprint density at radius 2 is 1.62 bits per heavy atom. The molecule has 0 fully saturated rings. The molecule has 0 N–H and O–H groups in total. The maximum Gasteiger partial charge on any atom is -0.00738 e. The summed E-state index contributed by atoms with van der Waals surface area (Å²) in [5, 5.41) is 2.74. The second-order valence-electron chi connectivity index (χ2n) is 6.55. The van der Waals surface area contributed by atoms with Crippen LogP contribution in [0.2, 0.25) is 0 Å². The van der Waals surface area contributed by atoms with E-state index in [1.54, 1.807) is 0 Å². The fraction of sp³-hybridized carbons (Fsp3) is 0.308. The Labute approximate surface area is 159 Å². The van der Waals surface area contributed by atoms with E-state index in [1.165, 1.54) is 50.6 Å². The molecule has 1 aliphatic rings. The Bertz CT molecular complexity index is 884. The van der Waals surface area contributed by atoms with Gasteiger partial charge in [-0.05, 0) is 63.9 Å². The van der Waals surface area contributed by atoms with Crippen molar-refractivity contribution in [3.63, 3.8) is 0 Å². The topological polar surface area (TPSA) is 0 Å². The summed E-state index contributed by atoms with van der Waals surface area (Å²) >= 11 is 0. The minimum absolute atomic E-state index is 1.12. The summed E-state index contributed by atoms with van der Waals surface area (Å²) in [6.07, 6.45) is 5.51. The fourth-order valence-corrected chi connectivity index (χ4v) is 3.66. The lowest BCUT2D eigenvalue weighted by Crippen LogP contribution is -2.07. The van der Waals surface area contributed by atoms with Gasteiger partial charge >= 0.3 is 0 Å². The summed E-state index contributed by atoms with van der Waals surface area (Å²) in [6.45, 7) is 14.5. The normalized spacial score (nSPS) is 11.3. The molecule has 0 amide bonds. The van der Waals surface area contributed by atoms with Crippen molar-refractivity contribution >= 4 is 16.8 Å². The van der Waals surface area contributed by atoms with Gasteiger partial charge in [0.2, 0.25) is 0 Å². The van der Waals surface area contributed by atoms with Crippen molar-refractivity contribution in [1.29, 1.82) is 0 Å². The molecular weight excluding hydrogens is 312 g/mol.